The summed E-state index contributed by atoms with van der Waals surface area (Å²) in [7, 11) is 0. The molecule has 0 radical (unpaired) electrons. The molecular formula is C16H20FN3O2S. The summed E-state index contributed by atoms with van der Waals surface area (Å²) in [6.45, 7) is 2.70. The van der Waals surface area contributed by atoms with Crippen molar-refractivity contribution in [3.05, 3.63) is 46.2 Å². The van der Waals surface area contributed by atoms with Crippen LogP contribution in [0.3, 0.4) is 0 Å². The van der Waals surface area contributed by atoms with Crippen molar-refractivity contribution in [3.63, 3.8) is 0 Å². The maximum Gasteiger partial charge on any atom is 0.270 e. The van der Waals surface area contributed by atoms with E-state index in [9.17, 15) is 9.18 Å². The number of rotatable bonds is 8. The van der Waals surface area contributed by atoms with E-state index in [0.717, 1.165) is 5.01 Å². The summed E-state index contributed by atoms with van der Waals surface area (Å²) in [6.07, 6.45) is 0.994. The van der Waals surface area contributed by atoms with Crippen molar-refractivity contribution in [2.75, 3.05) is 13.1 Å². The van der Waals surface area contributed by atoms with Crippen LogP contribution in [0.4, 0.5) is 4.39 Å². The van der Waals surface area contributed by atoms with E-state index in [2.05, 4.69) is 10.3 Å². The van der Waals surface area contributed by atoms with Crippen molar-refractivity contribution in [1.29, 1.82) is 0 Å². The Balaban J connectivity index is 1.89. The van der Waals surface area contributed by atoms with Crippen LogP contribution in [-0.4, -0.2) is 30.1 Å². The molecule has 0 aliphatic rings. The molecule has 1 unspecified atom stereocenters. The van der Waals surface area contributed by atoms with Gasteiger partial charge in [0.25, 0.3) is 5.91 Å². The normalized spacial score (nSPS) is 12.0. The van der Waals surface area contributed by atoms with E-state index in [4.69, 9.17) is 10.5 Å². The summed E-state index contributed by atoms with van der Waals surface area (Å²) < 4.78 is 19.2. The number of aromatic nitrogens is 1. The lowest BCUT2D eigenvalue weighted by Gasteiger charge is -2.18. The largest absolute Gasteiger partial charge is 0.486 e. The van der Waals surface area contributed by atoms with Crippen LogP contribution in [0, 0.1) is 5.82 Å². The van der Waals surface area contributed by atoms with Gasteiger partial charge in [-0.1, -0.05) is 19.1 Å². The number of hydrogen-bond acceptors (Lipinski definition) is 5. The Labute approximate surface area is 138 Å². The minimum Gasteiger partial charge on any atom is -0.486 e. The quantitative estimate of drug-likeness (QED) is 0.775. The molecule has 2 rings (SSSR count). The minimum atomic E-state index is -0.414. The number of hydrogen-bond donors (Lipinski definition) is 2. The van der Waals surface area contributed by atoms with Gasteiger partial charge in [0.05, 0.1) is 11.6 Å². The van der Waals surface area contributed by atoms with Crippen LogP contribution in [0.15, 0.2) is 29.6 Å². The predicted molar refractivity (Wildman–Crippen MR) is 88.3 cm³/mol. The smallest absolute Gasteiger partial charge is 0.270 e. The molecule has 124 valence electrons. The summed E-state index contributed by atoms with van der Waals surface area (Å²) in [5.74, 6) is -0.490. The van der Waals surface area contributed by atoms with Crippen molar-refractivity contribution in [1.82, 2.24) is 10.3 Å². The van der Waals surface area contributed by atoms with Gasteiger partial charge < -0.3 is 15.8 Å². The van der Waals surface area contributed by atoms with Crippen molar-refractivity contribution in [3.8, 4) is 5.75 Å². The van der Waals surface area contributed by atoms with Crippen molar-refractivity contribution < 1.29 is 13.9 Å². The Morgan fingerprint density at radius 2 is 2.26 bits per heavy atom. The third-order valence-electron chi connectivity index (χ3n) is 3.22. The van der Waals surface area contributed by atoms with Crippen molar-refractivity contribution in [2.45, 2.75) is 25.9 Å². The van der Waals surface area contributed by atoms with Crippen LogP contribution in [0.5, 0.6) is 5.75 Å². The van der Waals surface area contributed by atoms with Crippen LogP contribution in [0.1, 0.15) is 28.8 Å². The van der Waals surface area contributed by atoms with E-state index in [1.54, 1.807) is 23.6 Å². The third-order valence-corrected chi connectivity index (χ3v) is 4.13. The minimum absolute atomic E-state index is 0.187. The molecule has 2 aromatic rings. The van der Waals surface area contributed by atoms with E-state index >= 15 is 0 Å². The van der Waals surface area contributed by atoms with Gasteiger partial charge in [0.1, 0.15) is 11.8 Å². The number of amides is 1. The summed E-state index contributed by atoms with van der Waals surface area (Å²) in [5.41, 5.74) is 5.84. The number of para-hydroxylation sites is 1. The fourth-order valence-corrected chi connectivity index (χ4v) is 2.73. The van der Waals surface area contributed by atoms with Crippen LogP contribution in [0.25, 0.3) is 0 Å². The zero-order valence-corrected chi connectivity index (χ0v) is 13.7. The van der Waals surface area contributed by atoms with Gasteiger partial charge in [0, 0.05) is 11.8 Å². The first-order valence-corrected chi connectivity index (χ1v) is 8.35. The molecule has 1 aromatic carbocycles. The molecule has 5 nitrogen and oxygen atoms in total. The molecule has 1 heterocycles. The van der Waals surface area contributed by atoms with E-state index < -0.39 is 5.82 Å². The van der Waals surface area contributed by atoms with Crippen LogP contribution >= 0.6 is 11.3 Å². The average molecular weight is 337 g/mol. The van der Waals surface area contributed by atoms with Gasteiger partial charge in [0.15, 0.2) is 11.6 Å². The van der Waals surface area contributed by atoms with Gasteiger partial charge in [-0.15, -0.1) is 11.3 Å². The summed E-state index contributed by atoms with van der Waals surface area (Å²) >= 11 is 1.41. The second-order valence-corrected chi connectivity index (χ2v) is 5.90. The van der Waals surface area contributed by atoms with E-state index in [-0.39, 0.29) is 24.3 Å². The SMILES string of the molecule is CCC(CNC(=O)c1csc(CCN)n1)Oc1ccccc1F. The summed E-state index contributed by atoms with van der Waals surface area (Å²) in [5, 5.41) is 5.32. The zero-order chi connectivity index (χ0) is 16.7. The van der Waals surface area contributed by atoms with Gasteiger partial charge in [-0.2, -0.15) is 0 Å². The number of ether oxygens (including phenoxy) is 1. The van der Waals surface area contributed by atoms with Gasteiger partial charge >= 0.3 is 0 Å². The third kappa shape index (κ3) is 5.01. The molecule has 7 heteroatoms. The molecule has 0 bridgehead atoms. The highest BCUT2D eigenvalue weighted by Gasteiger charge is 2.15. The average Bonchev–Trinajstić information content (AvgIpc) is 3.02. The number of benzene rings is 1. The lowest BCUT2D eigenvalue weighted by atomic mass is 10.2. The number of carbonyl (C=O) groups excluding carboxylic acids is 1. The molecular weight excluding hydrogens is 317 g/mol. The highest BCUT2D eigenvalue weighted by atomic mass is 32.1. The highest BCUT2D eigenvalue weighted by Crippen LogP contribution is 2.18. The van der Waals surface area contributed by atoms with Crippen LogP contribution in [0.2, 0.25) is 0 Å². The second kappa shape index (κ2) is 8.59. The Kier molecular flexibility index (Phi) is 6.49. The number of nitrogens with zero attached hydrogens (tertiary/aromatic N) is 1. The second-order valence-electron chi connectivity index (χ2n) is 4.95. The molecule has 0 fully saturated rings. The Morgan fingerprint density at radius 3 is 2.96 bits per heavy atom. The van der Waals surface area contributed by atoms with E-state index in [0.29, 0.717) is 25.1 Å². The molecule has 3 N–H and O–H groups in total. The molecule has 0 spiro atoms. The number of carbonyl (C=O) groups is 1. The van der Waals surface area contributed by atoms with Gasteiger partial charge in [-0.3, -0.25) is 4.79 Å². The Bertz CT molecular complexity index is 648. The van der Waals surface area contributed by atoms with Crippen LogP contribution in [-0.2, 0) is 6.42 Å². The summed E-state index contributed by atoms with van der Waals surface area (Å²) in [6, 6.07) is 6.22. The predicted octanol–water partition coefficient (Wildman–Crippen LogP) is 2.37. The number of nitrogens with two attached hydrogens (primary N) is 1. The first-order chi connectivity index (χ1) is 11.1. The topological polar surface area (TPSA) is 77.2 Å². The van der Waals surface area contributed by atoms with Gasteiger partial charge in [0.2, 0.25) is 0 Å². The van der Waals surface area contributed by atoms with Crippen molar-refractivity contribution in [2.24, 2.45) is 5.73 Å². The fraction of sp³-hybridized carbons (Fsp3) is 0.375. The molecule has 0 saturated heterocycles. The first kappa shape index (κ1) is 17.4. The lowest BCUT2D eigenvalue weighted by Crippen LogP contribution is -2.35. The summed E-state index contributed by atoms with van der Waals surface area (Å²) in [4.78, 5) is 16.3. The number of thiazole rings is 1. The molecule has 0 aliphatic carbocycles. The van der Waals surface area contributed by atoms with E-state index in [1.807, 2.05) is 6.92 Å². The fourth-order valence-electron chi connectivity index (χ4n) is 1.94. The lowest BCUT2D eigenvalue weighted by molar-refractivity contribution is 0.0920. The first-order valence-electron chi connectivity index (χ1n) is 7.47. The van der Waals surface area contributed by atoms with E-state index in [1.165, 1.54) is 17.4 Å². The highest BCUT2D eigenvalue weighted by molar-refractivity contribution is 7.09. The molecule has 1 aromatic heterocycles. The Hall–Kier alpha value is -1.99. The zero-order valence-electron chi connectivity index (χ0n) is 12.9. The molecule has 23 heavy (non-hydrogen) atoms. The number of halogens is 1. The Morgan fingerprint density at radius 1 is 1.48 bits per heavy atom. The molecule has 1 amide bonds. The maximum absolute atomic E-state index is 13.6. The van der Waals surface area contributed by atoms with Gasteiger partial charge in [-0.05, 0) is 25.1 Å². The monoisotopic (exact) mass is 337 g/mol. The molecule has 1 atom stereocenters. The van der Waals surface area contributed by atoms with Crippen molar-refractivity contribution >= 4 is 17.2 Å². The molecule has 0 aliphatic heterocycles. The standard InChI is InChI=1S/C16H20FN3O2S/c1-2-11(22-14-6-4-3-5-12(14)17)9-19-16(21)13-10-23-15(20-13)7-8-18/h3-6,10-11H,2,7-9,18H2,1H3,(H,19,21). The number of nitrogens with one attached hydrogen (secondary N) is 1. The molecule has 0 saturated carbocycles. The van der Waals surface area contributed by atoms with Crippen LogP contribution < -0.4 is 15.8 Å². The van der Waals surface area contributed by atoms with Gasteiger partial charge in [-0.25, -0.2) is 9.37 Å². The maximum atomic E-state index is 13.6.